The molecule has 0 bridgehead atoms. The third kappa shape index (κ3) is 10.1. The van der Waals surface area contributed by atoms with Crippen molar-refractivity contribution < 1.29 is 22.9 Å². The van der Waals surface area contributed by atoms with Gasteiger partial charge in [-0.2, -0.15) is 0 Å². The lowest BCUT2D eigenvalue weighted by Crippen LogP contribution is -2.47. The smallest absolute Gasteiger partial charge is 0.312 e. The van der Waals surface area contributed by atoms with Gasteiger partial charge in [-0.25, -0.2) is 18.1 Å². The minimum Gasteiger partial charge on any atom is -0.482 e. The van der Waals surface area contributed by atoms with E-state index in [1.165, 1.54) is 29.7 Å². The van der Waals surface area contributed by atoms with Crippen molar-refractivity contribution in [3.8, 4) is 5.75 Å². The number of benzene rings is 4. The number of nitrogens with one attached hydrogen (secondary N) is 2. The van der Waals surface area contributed by atoms with Crippen molar-refractivity contribution >= 4 is 78.7 Å². The first-order chi connectivity index (χ1) is 30.5. The SMILES string of the molecule is Cc1c(Cl)c(C(=O)NS(=O)(=O)c2ccc(N3CCN(CC4=C(c5ccc(Cl)cc5)CC(C)(C)CC4)CC3)cc2Cc2cnc3[nH]ccc3c2)cc([N+](=O)[O-])c1OCc1ccc(Cl)cc1. The molecule has 2 aliphatic rings. The van der Waals surface area contributed by atoms with Crippen LogP contribution in [0.3, 0.4) is 0 Å². The number of pyridine rings is 1. The molecule has 1 amide bonds. The number of fused-ring (bicyclic) bond motifs is 1. The molecule has 332 valence electrons. The maximum atomic E-state index is 14.3. The van der Waals surface area contributed by atoms with Gasteiger partial charge in [0.2, 0.25) is 5.75 Å². The van der Waals surface area contributed by atoms with Gasteiger partial charge in [-0.3, -0.25) is 19.8 Å². The molecule has 12 nitrogen and oxygen atoms in total. The van der Waals surface area contributed by atoms with Crippen molar-refractivity contribution in [3.05, 3.63) is 161 Å². The highest BCUT2D eigenvalue weighted by Crippen LogP contribution is 2.44. The molecular weight excluding hydrogens is 895 g/mol. The minimum absolute atomic E-state index is 0.0427. The number of amides is 1. The topological polar surface area (TPSA) is 151 Å². The Morgan fingerprint density at radius 1 is 0.938 bits per heavy atom. The molecule has 0 saturated carbocycles. The van der Waals surface area contributed by atoms with Crippen molar-refractivity contribution in [2.75, 3.05) is 37.6 Å². The molecule has 2 aromatic heterocycles. The predicted octanol–water partition coefficient (Wildman–Crippen LogP) is 10.8. The highest BCUT2D eigenvalue weighted by Gasteiger charge is 2.32. The number of sulfonamides is 1. The summed E-state index contributed by atoms with van der Waals surface area (Å²) in [6.45, 7) is 10.1. The normalized spacial score (nSPS) is 15.7. The number of ether oxygens (including phenoxy) is 1. The van der Waals surface area contributed by atoms with E-state index >= 15 is 0 Å². The van der Waals surface area contributed by atoms with E-state index in [4.69, 9.17) is 39.5 Å². The molecule has 1 fully saturated rings. The summed E-state index contributed by atoms with van der Waals surface area (Å²) in [6.07, 6.45) is 6.84. The molecule has 16 heteroatoms. The molecule has 64 heavy (non-hydrogen) atoms. The number of nitrogens with zero attached hydrogens (tertiary/aromatic N) is 4. The lowest BCUT2D eigenvalue weighted by molar-refractivity contribution is -0.386. The van der Waals surface area contributed by atoms with Gasteiger partial charge in [0, 0.05) is 84.3 Å². The number of nitro groups is 1. The first kappa shape index (κ1) is 45.1. The number of aromatic nitrogens is 2. The van der Waals surface area contributed by atoms with Gasteiger partial charge < -0.3 is 14.6 Å². The van der Waals surface area contributed by atoms with Crippen LogP contribution in [0.25, 0.3) is 16.6 Å². The Bertz CT molecular complexity index is 2890. The first-order valence-electron chi connectivity index (χ1n) is 20.9. The lowest BCUT2D eigenvalue weighted by atomic mass is 9.72. The van der Waals surface area contributed by atoms with Crippen molar-refractivity contribution in [2.24, 2.45) is 5.41 Å². The largest absolute Gasteiger partial charge is 0.482 e. The quantitative estimate of drug-likeness (QED) is 0.0852. The second kappa shape index (κ2) is 18.6. The van der Waals surface area contributed by atoms with Crippen LogP contribution in [0.15, 0.2) is 108 Å². The summed E-state index contributed by atoms with van der Waals surface area (Å²) in [6, 6.07) is 24.8. The average molecular weight is 942 g/mol. The van der Waals surface area contributed by atoms with Crippen LogP contribution in [0.4, 0.5) is 11.4 Å². The number of anilines is 1. The van der Waals surface area contributed by atoms with Crippen LogP contribution < -0.4 is 14.4 Å². The molecule has 1 saturated heterocycles. The highest BCUT2D eigenvalue weighted by molar-refractivity contribution is 7.90. The highest BCUT2D eigenvalue weighted by atomic mass is 35.5. The number of allylic oxidation sites excluding steroid dienone is 1. The molecule has 0 spiro atoms. The van der Waals surface area contributed by atoms with Gasteiger partial charge in [0.05, 0.1) is 20.4 Å². The van der Waals surface area contributed by atoms with Gasteiger partial charge in [0.1, 0.15) is 12.3 Å². The molecule has 6 aromatic rings. The van der Waals surface area contributed by atoms with E-state index in [1.807, 2.05) is 30.3 Å². The van der Waals surface area contributed by atoms with Gasteiger partial charge in [-0.1, -0.05) is 78.5 Å². The zero-order valence-electron chi connectivity index (χ0n) is 35.6. The Morgan fingerprint density at radius 2 is 1.64 bits per heavy atom. The van der Waals surface area contributed by atoms with Gasteiger partial charge in [0.15, 0.2) is 0 Å². The summed E-state index contributed by atoms with van der Waals surface area (Å²) in [5, 5.41) is 14.2. The number of carbonyl (C=O) groups excluding carboxylic acids is 1. The van der Waals surface area contributed by atoms with Gasteiger partial charge >= 0.3 is 5.69 Å². The van der Waals surface area contributed by atoms with Crippen LogP contribution in [-0.2, 0) is 23.1 Å². The zero-order chi connectivity index (χ0) is 45.3. The number of halogens is 3. The maximum absolute atomic E-state index is 14.3. The Morgan fingerprint density at radius 3 is 2.34 bits per heavy atom. The number of piperazine rings is 1. The molecule has 0 atom stereocenters. The Hall–Kier alpha value is -5.44. The third-order valence-electron chi connectivity index (χ3n) is 12.1. The average Bonchev–Trinajstić information content (AvgIpc) is 3.74. The van der Waals surface area contributed by atoms with Crippen LogP contribution in [-0.4, -0.2) is 66.8 Å². The van der Waals surface area contributed by atoms with Crippen LogP contribution in [0.1, 0.15) is 71.3 Å². The number of carbonyl (C=O) groups is 1. The second-order valence-corrected chi connectivity index (χ2v) is 20.1. The summed E-state index contributed by atoms with van der Waals surface area (Å²) in [5.41, 5.74) is 6.93. The minimum atomic E-state index is -4.56. The van der Waals surface area contributed by atoms with Crippen LogP contribution in [0, 0.1) is 22.5 Å². The summed E-state index contributed by atoms with van der Waals surface area (Å²) in [5.74, 6) is -1.27. The number of nitro benzene ring substituents is 1. The number of hydrogen-bond donors (Lipinski definition) is 2. The van der Waals surface area contributed by atoms with Crippen LogP contribution >= 0.6 is 34.8 Å². The third-order valence-corrected chi connectivity index (χ3v) is 14.5. The Kier molecular flexibility index (Phi) is 13.1. The van der Waals surface area contributed by atoms with E-state index in [1.54, 1.807) is 42.7 Å². The number of H-pyrrole nitrogens is 1. The van der Waals surface area contributed by atoms with E-state index < -0.39 is 26.5 Å². The first-order valence-corrected chi connectivity index (χ1v) is 23.6. The van der Waals surface area contributed by atoms with E-state index in [0.717, 1.165) is 79.7 Å². The molecule has 0 radical (unpaired) electrons. The van der Waals surface area contributed by atoms with E-state index in [9.17, 15) is 23.3 Å². The summed E-state index contributed by atoms with van der Waals surface area (Å²) >= 11 is 18.9. The molecular formula is C48H47Cl3N6O6S. The standard InChI is InChI=1S/C48H47Cl3N6O6S/c1-30-44(51)40(25-42(57(59)60)45(30)63-29-31-4-8-37(49)9-5-31)47(58)54-64(61,62)43-13-12-39(24-36(43)23-32-22-34-15-17-52-46(34)53-27-32)56-20-18-55(19-21-56)28-35-14-16-48(2,3)26-41(35)33-6-10-38(50)11-7-33/h4-13,15,17,22,24-25,27H,14,16,18-21,23,26,28-29H2,1-3H3,(H,52,53)(H,54,58). The zero-order valence-corrected chi connectivity index (χ0v) is 38.7. The Balaban J connectivity index is 1.04. The van der Waals surface area contributed by atoms with Gasteiger partial charge in [-0.05, 0) is 114 Å². The number of aromatic amines is 1. The van der Waals surface area contributed by atoms with Gasteiger partial charge in [-0.15, -0.1) is 0 Å². The number of hydrogen-bond acceptors (Lipinski definition) is 9. The Labute approximate surface area is 387 Å². The van der Waals surface area contributed by atoms with E-state index in [2.05, 4.69) is 50.5 Å². The van der Waals surface area contributed by atoms with Crippen molar-refractivity contribution in [3.63, 3.8) is 0 Å². The van der Waals surface area contributed by atoms with Crippen LogP contribution in [0.2, 0.25) is 15.1 Å². The molecule has 2 N–H and O–H groups in total. The number of rotatable bonds is 13. The monoisotopic (exact) mass is 940 g/mol. The fourth-order valence-corrected chi connectivity index (χ4v) is 10.2. The van der Waals surface area contributed by atoms with Crippen LogP contribution in [0.5, 0.6) is 5.75 Å². The van der Waals surface area contributed by atoms with Crippen molar-refractivity contribution in [2.45, 2.75) is 58.0 Å². The fraction of sp³-hybridized carbons (Fsp3) is 0.292. The maximum Gasteiger partial charge on any atom is 0.312 e. The lowest BCUT2D eigenvalue weighted by Gasteiger charge is -2.39. The summed E-state index contributed by atoms with van der Waals surface area (Å²) in [4.78, 5) is 37.6. The molecule has 3 heterocycles. The molecule has 8 rings (SSSR count). The fourth-order valence-electron chi connectivity index (χ4n) is 8.57. The summed E-state index contributed by atoms with van der Waals surface area (Å²) < 4.78 is 36.5. The molecule has 1 aliphatic carbocycles. The van der Waals surface area contributed by atoms with Crippen molar-refractivity contribution in [1.82, 2.24) is 19.6 Å². The second-order valence-electron chi connectivity index (χ2n) is 17.2. The molecule has 1 aliphatic heterocycles. The van der Waals surface area contributed by atoms with E-state index in [0.29, 0.717) is 21.8 Å². The van der Waals surface area contributed by atoms with E-state index in [-0.39, 0.29) is 45.2 Å². The van der Waals surface area contributed by atoms with Crippen molar-refractivity contribution in [1.29, 1.82) is 0 Å². The predicted molar refractivity (Wildman–Crippen MR) is 253 cm³/mol. The summed E-state index contributed by atoms with van der Waals surface area (Å²) in [7, 11) is -4.56. The molecule has 0 unspecified atom stereocenters. The van der Waals surface area contributed by atoms with Gasteiger partial charge in [0.25, 0.3) is 15.9 Å². The molecule has 4 aromatic carbocycles.